The predicted molar refractivity (Wildman–Crippen MR) is 94.3 cm³/mol. The lowest BCUT2D eigenvalue weighted by molar-refractivity contribution is 0.0943. The summed E-state index contributed by atoms with van der Waals surface area (Å²) in [4.78, 5) is 14.8. The van der Waals surface area contributed by atoms with Crippen LogP contribution in [0.4, 0.5) is 0 Å². The Morgan fingerprint density at radius 3 is 2.74 bits per heavy atom. The molecule has 1 atom stereocenters. The van der Waals surface area contributed by atoms with Crippen molar-refractivity contribution in [3.05, 3.63) is 57.4 Å². The quantitative estimate of drug-likeness (QED) is 0.752. The van der Waals surface area contributed by atoms with Gasteiger partial charge < -0.3 is 9.73 Å². The minimum Gasteiger partial charge on any atom is -0.459 e. The molecule has 0 bridgehead atoms. The number of fused-ring (bicyclic) bond motifs is 1. The number of nitrogens with zero attached hydrogens (tertiary/aromatic N) is 1. The van der Waals surface area contributed by atoms with Crippen molar-refractivity contribution in [1.29, 1.82) is 0 Å². The van der Waals surface area contributed by atoms with Gasteiger partial charge in [-0.2, -0.15) is 0 Å². The summed E-state index contributed by atoms with van der Waals surface area (Å²) in [6.45, 7) is 0.459. The lowest BCUT2D eigenvalue weighted by atomic mass is 10.2. The maximum atomic E-state index is 12.2. The van der Waals surface area contributed by atoms with E-state index in [2.05, 4.69) is 5.32 Å². The van der Waals surface area contributed by atoms with Gasteiger partial charge in [-0.15, -0.1) is 11.3 Å². The minimum atomic E-state index is -0.120. The van der Waals surface area contributed by atoms with Crippen LogP contribution in [0.3, 0.4) is 0 Å². The number of para-hydroxylation sites is 1. The van der Waals surface area contributed by atoms with Gasteiger partial charge in [0, 0.05) is 11.9 Å². The SMILES string of the molecule is CN(C)[C@@H](CNC(=O)c1ccc(Cl)s1)c1cc2ccccc2o1. The lowest BCUT2D eigenvalue weighted by Crippen LogP contribution is -2.34. The molecule has 0 aliphatic carbocycles. The third-order valence-electron chi connectivity index (χ3n) is 3.65. The Hall–Kier alpha value is -1.82. The molecule has 120 valence electrons. The first-order chi connectivity index (χ1) is 11.0. The summed E-state index contributed by atoms with van der Waals surface area (Å²) in [6, 6.07) is 13.3. The van der Waals surface area contributed by atoms with E-state index in [-0.39, 0.29) is 11.9 Å². The molecule has 6 heteroatoms. The standard InChI is InChI=1S/C17H17ClN2O2S/c1-20(2)12(10-19-17(21)15-7-8-16(18)23-15)14-9-11-5-3-4-6-13(11)22-14/h3-9,12H,10H2,1-2H3,(H,19,21)/t12-/m0/s1. The summed E-state index contributed by atoms with van der Waals surface area (Å²) in [7, 11) is 3.93. The van der Waals surface area contributed by atoms with E-state index in [4.69, 9.17) is 16.0 Å². The molecule has 0 saturated heterocycles. The summed E-state index contributed by atoms with van der Waals surface area (Å²) in [5.74, 6) is 0.713. The van der Waals surface area contributed by atoms with Crippen LogP contribution in [0, 0.1) is 0 Å². The second-order valence-corrected chi connectivity index (χ2v) is 7.19. The fourth-order valence-electron chi connectivity index (χ4n) is 2.42. The average molecular weight is 349 g/mol. The van der Waals surface area contributed by atoms with Crippen LogP contribution in [0.15, 0.2) is 46.9 Å². The van der Waals surface area contributed by atoms with Crippen molar-refractivity contribution in [1.82, 2.24) is 10.2 Å². The Morgan fingerprint density at radius 1 is 1.30 bits per heavy atom. The van der Waals surface area contributed by atoms with Gasteiger partial charge in [-0.25, -0.2) is 0 Å². The molecule has 1 N–H and O–H groups in total. The van der Waals surface area contributed by atoms with Gasteiger partial charge >= 0.3 is 0 Å². The van der Waals surface area contributed by atoms with Crippen molar-refractivity contribution in [3.63, 3.8) is 0 Å². The van der Waals surface area contributed by atoms with Gasteiger partial charge in [0.2, 0.25) is 0 Å². The van der Waals surface area contributed by atoms with E-state index in [1.807, 2.05) is 49.3 Å². The zero-order valence-corrected chi connectivity index (χ0v) is 14.4. The van der Waals surface area contributed by atoms with E-state index in [0.29, 0.717) is 15.8 Å². The second-order valence-electron chi connectivity index (χ2n) is 5.48. The molecule has 0 unspecified atom stereocenters. The highest BCUT2D eigenvalue weighted by Gasteiger charge is 2.20. The van der Waals surface area contributed by atoms with Gasteiger partial charge in [0.1, 0.15) is 11.3 Å². The van der Waals surface area contributed by atoms with Crippen LogP contribution < -0.4 is 5.32 Å². The normalized spacial score (nSPS) is 12.7. The van der Waals surface area contributed by atoms with E-state index in [1.165, 1.54) is 11.3 Å². The van der Waals surface area contributed by atoms with Gasteiger partial charge in [-0.1, -0.05) is 29.8 Å². The summed E-state index contributed by atoms with van der Waals surface area (Å²) >= 11 is 7.15. The zero-order chi connectivity index (χ0) is 16.4. The minimum absolute atomic E-state index is 0.0400. The third kappa shape index (κ3) is 3.58. The zero-order valence-electron chi connectivity index (χ0n) is 12.9. The molecular formula is C17H17ClN2O2S. The van der Waals surface area contributed by atoms with E-state index in [0.717, 1.165) is 16.7 Å². The molecule has 0 aliphatic rings. The summed E-state index contributed by atoms with van der Waals surface area (Å²) < 4.78 is 6.53. The maximum absolute atomic E-state index is 12.2. The number of furan rings is 1. The third-order valence-corrected chi connectivity index (χ3v) is 4.88. The summed E-state index contributed by atoms with van der Waals surface area (Å²) in [5, 5.41) is 4.01. The molecule has 0 radical (unpaired) electrons. The van der Waals surface area contributed by atoms with Crippen molar-refractivity contribution in [3.8, 4) is 0 Å². The Balaban J connectivity index is 1.75. The van der Waals surface area contributed by atoms with Crippen LogP contribution in [0.5, 0.6) is 0 Å². The highest BCUT2D eigenvalue weighted by Crippen LogP contribution is 2.26. The van der Waals surface area contributed by atoms with Crippen molar-refractivity contribution >= 4 is 39.8 Å². The van der Waals surface area contributed by atoms with Gasteiger partial charge in [-0.05, 0) is 38.4 Å². The molecular weight excluding hydrogens is 332 g/mol. The molecule has 4 nitrogen and oxygen atoms in total. The van der Waals surface area contributed by atoms with Crippen molar-refractivity contribution in [2.75, 3.05) is 20.6 Å². The van der Waals surface area contributed by atoms with E-state index >= 15 is 0 Å². The largest absolute Gasteiger partial charge is 0.459 e. The van der Waals surface area contributed by atoms with Gasteiger partial charge in [0.25, 0.3) is 5.91 Å². The molecule has 1 aromatic carbocycles. The highest BCUT2D eigenvalue weighted by atomic mass is 35.5. The number of hydrogen-bond donors (Lipinski definition) is 1. The van der Waals surface area contributed by atoms with Crippen molar-refractivity contribution in [2.45, 2.75) is 6.04 Å². The van der Waals surface area contributed by atoms with E-state index in [9.17, 15) is 4.79 Å². The Kier molecular flexibility index (Phi) is 4.71. The van der Waals surface area contributed by atoms with Crippen LogP contribution in [-0.4, -0.2) is 31.4 Å². The molecule has 1 amide bonds. The fraction of sp³-hybridized carbons (Fsp3) is 0.235. The number of rotatable bonds is 5. The highest BCUT2D eigenvalue weighted by molar-refractivity contribution is 7.17. The number of carbonyl (C=O) groups is 1. The number of halogens is 1. The number of benzene rings is 1. The van der Waals surface area contributed by atoms with E-state index < -0.39 is 0 Å². The smallest absolute Gasteiger partial charge is 0.261 e. The van der Waals surface area contributed by atoms with Crippen LogP contribution in [0.25, 0.3) is 11.0 Å². The van der Waals surface area contributed by atoms with Gasteiger partial charge in [-0.3, -0.25) is 9.69 Å². The predicted octanol–water partition coefficient (Wildman–Crippen LogP) is 4.18. The van der Waals surface area contributed by atoms with Crippen molar-refractivity contribution in [2.24, 2.45) is 0 Å². The molecule has 0 spiro atoms. The average Bonchev–Trinajstić information content (AvgIpc) is 3.12. The van der Waals surface area contributed by atoms with Gasteiger partial charge in [0.05, 0.1) is 15.3 Å². The Morgan fingerprint density at radius 2 is 2.09 bits per heavy atom. The summed E-state index contributed by atoms with van der Waals surface area (Å²) in [5.41, 5.74) is 0.853. The van der Waals surface area contributed by atoms with Crippen molar-refractivity contribution < 1.29 is 9.21 Å². The Labute approximate surface area is 143 Å². The lowest BCUT2D eigenvalue weighted by Gasteiger charge is -2.22. The van der Waals surface area contributed by atoms with Crippen LogP contribution in [0.2, 0.25) is 4.34 Å². The molecule has 0 fully saturated rings. The first-order valence-corrected chi connectivity index (χ1v) is 8.42. The van der Waals surface area contributed by atoms with Crippen LogP contribution >= 0.6 is 22.9 Å². The van der Waals surface area contributed by atoms with E-state index in [1.54, 1.807) is 12.1 Å². The molecule has 0 saturated carbocycles. The second kappa shape index (κ2) is 6.74. The molecule has 0 aliphatic heterocycles. The molecule has 2 aromatic heterocycles. The number of likely N-dealkylation sites (N-methyl/N-ethyl adjacent to an activating group) is 1. The molecule has 2 heterocycles. The van der Waals surface area contributed by atoms with Gasteiger partial charge in [0.15, 0.2) is 0 Å². The monoisotopic (exact) mass is 348 g/mol. The number of nitrogens with one attached hydrogen (secondary N) is 1. The first kappa shape index (κ1) is 16.1. The number of amides is 1. The number of hydrogen-bond acceptors (Lipinski definition) is 4. The Bertz CT molecular complexity index is 792. The van der Waals surface area contributed by atoms with Crippen LogP contribution in [-0.2, 0) is 0 Å². The molecule has 3 aromatic rings. The maximum Gasteiger partial charge on any atom is 0.261 e. The first-order valence-electron chi connectivity index (χ1n) is 7.23. The fourth-order valence-corrected chi connectivity index (χ4v) is 3.38. The van der Waals surface area contributed by atoms with Crippen LogP contribution in [0.1, 0.15) is 21.5 Å². The number of carbonyl (C=O) groups excluding carboxylic acids is 1. The molecule has 23 heavy (non-hydrogen) atoms. The molecule has 3 rings (SSSR count). The topological polar surface area (TPSA) is 45.5 Å². The number of thiophene rings is 1. The summed E-state index contributed by atoms with van der Waals surface area (Å²) in [6.07, 6.45) is 0.